The summed E-state index contributed by atoms with van der Waals surface area (Å²) in [5.41, 5.74) is 10.2. The number of hydrogen-bond donors (Lipinski definition) is 1. The lowest BCUT2D eigenvalue weighted by molar-refractivity contribution is 0.627. The number of nitrogen functional groups attached to an aromatic ring is 1. The number of rotatable bonds is 5. The van der Waals surface area contributed by atoms with Crippen LogP contribution in [0.15, 0.2) is 61.4 Å². The molecule has 14 nitrogen and oxygen atoms in total. The van der Waals surface area contributed by atoms with Gasteiger partial charge < -0.3 is 5.73 Å². The van der Waals surface area contributed by atoms with E-state index in [-0.39, 0.29) is 12.5 Å². The molecule has 0 aliphatic carbocycles. The molecule has 6 rings (SSSR count). The van der Waals surface area contributed by atoms with Crippen LogP contribution in [-0.4, -0.2) is 59.7 Å². The maximum atomic E-state index is 7.38. The normalized spacial score (nSPS) is 11.0. The van der Waals surface area contributed by atoms with Crippen LogP contribution >= 0.6 is 0 Å². The van der Waals surface area contributed by atoms with Gasteiger partial charge in [-0.1, -0.05) is 18.2 Å². The van der Waals surface area contributed by atoms with Gasteiger partial charge in [-0.3, -0.25) is 0 Å². The zero-order valence-electron chi connectivity index (χ0n) is 18.4. The highest BCUT2D eigenvalue weighted by Crippen LogP contribution is 2.35. The molecule has 0 bridgehead atoms. The van der Waals surface area contributed by atoms with E-state index >= 15 is 0 Å². The molecule has 2 N–H and O–H groups in total. The second kappa shape index (κ2) is 8.57. The van der Waals surface area contributed by atoms with Crippen molar-refractivity contribution in [3.8, 4) is 34.0 Å². The maximum absolute atomic E-state index is 7.38. The molecule has 0 saturated carbocycles. The molecule has 6 aromatic rings. The van der Waals surface area contributed by atoms with Gasteiger partial charge >= 0.3 is 0 Å². The highest BCUT2D eigenvalue weighted by atomic mass is 15.5. The predicted molar refractivity (Wildman–Crippen MR) is 126 cm³/mol. The van der Waals surface area contributed by atoms with Gasteiger partial charge in [0.2, 0.25) is 11.8 Å². The molecule has 0 atom stereocenters. The quantitative estimate of drug-likeness (QED) is 0.362. The van der Waals surface area contributed by atoms with Crippen LogP contribution in [0.4, 0.5) is 11.6 Å². The van der Waals surface area contributed by atoms with Crippen molar-refractivity contribution in [3.63, 3.8) is 0 Å². The number of nitrogens with zero attached hydrogens (tertiary/aromatic N) is 13. The molecular weight excluding hydrogens is 460 g/mol. The zero-order valence-corrected chi connectivity index (χ0v) is 18.4. The van der Waals surface area contributed by atoms with Crippen LogP contribution in [0.25, 0.3) is 44.5 Å². The number of nitrogens with two attached hydrogens (primary N) is 1. The lowest BCUT2D eigenvalue weighted by Crippen LogP contribution is -2.08. The van der Waals surface area contributed by atoms with Crippen molar-refractivity contribution in [2.24, 2.45) is 0 Å². The maximum Gasteiger partial charge on any atom is 0.223 e. The van der Waals surface area contributed by atoms with Crippen molar-refractivity contribution in [1.82, 2.24) is 59.7 Å². The predicted octanol–water partition coefficient (Wildman–Crippen LogP) is 1.87. The first-order valence-corrected chi connectivity index (χ1v) is 10.5. The Hall–Kier alpha value is -5.71. The molecule has 36 heavy (non-hydrogen) atoms. The summed E-state index contributed by atoms with van der Waals surface area (Å²) in [4.78, 5) is 29.4. The van der Waals surface area contributed by atoms with Gasteiger partial charge in [-0.25, -0.2) is 39.4 Å². The van der Waals surface area contributed by atoms with Crippen LogP contribution in [-0.2, 0) is 6.54 Å². The first-order chi connectivity index (χ1) is 17.7. The van der Waals surface area contributed by atoms with E-state index in [9.17, 15) is 0 Å². The molecule has 0 radical (unpaired) electrons. The summed E-state index contributed by atoms with van der Waals surface area (Å²) in [6, 6.07) is 10.6. The minimum absolute atomic E-state index is 0.123. The first-order valence-electron chi connectivity index (χ1n) is 10.5. The van der Waals surface area contributed by atoms with Crippen molar-refractivity contribution in [2.75, 3.05) is 5.73 Å². The minimum atomic E-state index is 0.123. The molecule has 172 valence electrons. The Balaban J connectivity index is 1.52. The highest BCUT2D eigenvalue weighted by Gasteiger charge is 2.22. The SMILES string of the molecule is [C-]#[N+]c1cccc(-c2nc(N)n3nc(Cn4nnnc4-c4ccncn4)nc3c2-c2ccncn2)c1. The van der Waals surface area contributed by atoms with E-state index < -0.39 is 0 Å². The molecule has 5 aromatic heterocycles. The number of tetrazole rings is 1. The van der Waals surface area contributed by atoms with E-state index in [4.69, 9.17) is 17.3 Å². The number of anilines is 1. The molecule has 0 amide bonds. The number of aromatic nitrogens is 12. The summed E-state index contributed by atoms with van der Waals surface area (Å²) in [5.74, 6) is 0.959. The fraction of sp³-hybridized carbons (Fsp3) is 0.0455. The summed E-state index contributed by atoms with van der Waals surface area (Å²) in [6.45, 7) is 7.53. The fourth-order valence-corrected chi connectivity index (χ4v) is 3.72. The van der Waals surface area contributed by atoms with E-state index in [0.29, 0.717) is 51.2 Å². The fourth-order valence-electron chi connectivity index (χ4n) is 3.72. The molecule has 5 heterocycles. The Morgan fingerprint density at radius 3 is 2.53 bits per heavy atom. The Morgan fingerprint density at radius 2 is 1.78 bits per heavy atom. The Morgan fingerprint density at radius 1 is 0.972 bits per heavy atom. The number of benzene rings is 1. The van der Waals surface area contributed by atoms with Crippen molar-refractivity contribution in [3.05, 3.63) is 78.7 Å². The van der Waals surface area contributed by atoms with Crippen LogP contribution in [0.1, 0.15) is 5.82 Å². The van der Waals surface area contributed by atoms with Crippen LogP contribution < -0.4 is 5.73 Å². The summed E-state index contributed by atoms with van der Waals surface area (Å²) in [5, 5.41) is 16.4. The third kappa shape index (κ3) is 3.62. The molecular formula is C22H14N14. The van der Waals surface area contributed by atoms with Gasteiger partial charge in [-0.15, -0.1) is 10.2 Å². The molecule has 0 aliphatic heterocycles. The zero-order chi connectivity index (χ0) is 24.5. The average Bonchev–Trinajstić information content (AvgIpc) is 3.57. The standard InChI is InChI=1S/C22H14N14/c1-24-14-4-2-3-13(9-14)19-18(15-5-7-25-11-27-15)21-29-17(32-36(21)22(23)30-19)10-35-20(31-33-34-35)16-6-8-26-12-28-16/h2-9,11-12H,10H2,(H2,23,30). The van der Waals surface area contributed by atoms with Crippen LogP contribution in [0.5, 0.6) is 0 Å². The largest absolute Gasteiger partial charge is 0.368 e. The first kappa shape index (κ1) is 20.9. The highest BCUT2D eigenvalue weighted by molar-refractivity contribution is 5.89. The molecule has 1 aromatic carbocycles. The van der Waals surface area contributed by atoms with E-state index in [1.54, 1.807) is 42.7 Å². The van der Waals surface area contributed by atoms with Crippen LogP contribution in [0.2, 0.25) is 0 Å². The van der Waals surface area contributed by atoms with E-state index in [1.807, 2.05) is 6.07 Å². The summed E-state index contributed by atoms with van der Waals surface area (Å²) >= 11 is 0. The molecule has 0 aliphatic rings. The van der Waals surface area contributed by atoms with Gasteiger partial charge in [-0.2, -0.15) is 4.52 Å². The molecule has 0 fully saturated rings. The molecule has 0 saturated heterocycles. The summed E-state index contributed by atoms with van der Waals surface area (Å²) in [6.07, 6.45) is 6.09. The van der Waals surface area contributed by atoms with Crippen LogP contribution in [0.3, 0.4) is 0 Å². The van der Waals surface area contributed by atoms with Crippen molar-refractivity contribution in [2.45, 2.75) is 6.54 Å². The average molecular weight is 474 g/mol. The second-order valence-electron chi connectivity index (χ2n) is 7.47. The third-order valence-corrected chi connectivity index (χ3v) is 5.28. The minimum Gasteiger partial charge on any atom is -0.368 e. The molecule has 14 heteroatoms. The lowest BCUT2D eigenvalue weighted by Gasteiger charge is -2.11. The Kier molecular flexibility index (Phi) is 4.97. The molecule has 0 unspecified atom stereocenters. The van der Waals surface area contributed by atoms with Crippen molar-refractivity contribution in [1.29, 1.82) is 0 Å². The van der Waals surface area contributed by atoms with Gasteiger partial charge in [0.15, 0.2) is 17.2 Å². The van der Waals surface area contributed by atoms with E-state index in [0.717, 1.165) is 0 Å². The van der Waals surface area contributed by atoms with Crippen molar-refractivity contribution < 1.29 is 0 Å². The van der Waals surface area contributed by atoms with E-state index in [2.05, 4.69) is 50.4 Å². The van der Waals surface area contributed by atoms with Gasteiger partial charge in [0.1, 0.15) is 24.9 Å². The van der Waals surface area contributed by atoms with Gasteiger partial charge in [0.05, 0.1) is 23.5 Å². The smallest absolute Gasteiger partial charge is 0.223 e. The Labute approximate surface area is 202 Å². The van der Waals surface area contributed by atoms with Crippen LogP contribution in [0, 0.1) is 6.57 Å². The summed E-state index contributed by atoms with van der Waals surface area (Å²) < 4.78 is 2.98. The topological polar surface area (TPSA) is 169 Å². The number of hydrogen-bond acceptors (Lipinski definition) is 11. The monoisotopic (exact) mass is 474 g/mol. The van der Waals surface area contributed by atoms with Gasteiger partial charge in [0, 0.05) is 12.4 Å². The van der Waals surface area contributed by atoms with Gasteiger partial charge in [-0.05, 0) is 34.2 Å². The lowest BCUT2D eigenvalue weighted by atomic mass is 10.0. The molecule has 0 spiro atoms. The second-order valence-corrected chi connectivity index (χ2v) is 7.47. The van der Waals surface area contributed by atoms with Crippen molar-refractivity contribution >= 4 is 17.3 Å². The Bertz CT molecular complexity index is 1730. The summed E-state index contributed by atoms with van der Waals surface area (Å²) in [7, 11) is 0. The third-order valence-electron chi connectivity index (χ3n) is 5.28. The van der Waals surface area contributed by atoms with E-state index in [1.165, 1.54) is 21.9 Å². The van der Waals surface area contributed by atoms with Gasteiger partial charge in [0.25, 0.3) is 0 Å². The number of fused-ring (bicyclic) bond motifs is 1.